The molecule has 0 radical (unpaired) electrons. The van der Waals surface area contributed by atoms with Gasteiger partial charge in [-0.15, -0.1) is 6.42 Å². The third-order valence-corrected chi connectivity index (χ3v) is 3.90. The van der Waals surface area contributed by atoms with Gasteiger partial charge in [-0.3, -0.25) is 4.57 Å². The van der Waals surface area contributed by atoms with Crippen LogP contribution in [0.5, 0.6) is 0 Å². The molecule has 21 heavy (non-hydrogen) atoms. The molecule has 0 saturated carbocycles. The van der Waals surface area contributed by atoms with Gasteiger partial charge in [-0.1, -0.05) is 5.92 Å². The van der Waals surface area contributed by atoms with Crippen LogP contribution in [-0.2, 0) is 9.47 Å². The SMILES string of the molecule is C#CC1(O)[C@H]2OC2([C@H](C)O)O[C@H]1n1c(C)cc(N)nc1=O. The maximum Gasteiger partial charge on any atom is 0.351 e. The Morgan fingerprint density at radius 3 is 2.81 bits per heavy atom. The average Bonchev–Trinajstić information content (AvgIpc) is 3.07. The maximum absolute atomic E-state index is 12.1. The average molecular weight is 293 g/mol. The number of epoxide rings is 1. The molecule has 2 fully saturated rings. The number of nitrogen functional groups attached to an aromatic ring is 1. The quantitative estimate of drug-likeness (QED) is 0.448. The van der Waals surface area contributed by atoms with Gasteiger partial charge < -0.3 is 25.4 Å². The first-order valence-corrected chi connectivity index (χ1v) is 6.35. The highest BCUT2D eigenvalue weighted by Crippen LogP contribution is 2.58. The smallest absolute Gasteiger partial charge is 0.351 e. The van der Waals surface area contributed by atoms with Crippen molar-refractivity contribution >= 4 is 5.82 Å². The minimum absolute atomic E-state index is 0.0580. The summed E-state index contributed by atoms with van der Waals surface area (Å²) in [5.41, 5.74) is 3.34. The van der Waals surface area contributed by atoms with Gasteiger partial charge in [0.25, 0.3) is 0 Å². The highest BCUT2D eigenvalue weighted by Gasteiger charge is 2.79. The van der Waals surface area contributed by atoms with Crippen LogP contribution in [0.15, 0.2) is 10.9 Å². The summed E-state index contributed by atoms with van der Waals surface area (Å²) in [4.78, 5) is 15.7. The molecule has 2 saturated heterocycles. The number of aryl methyl sites for hydroxylation is 1. The number of terminal acetylenes is 1. The topological polar surface area (TPSA) is 123 Å². The van der Waals surface area contributed by atoms with E-state index in [0.717, 1.165) is 4.57 Å². The molecule has 8 nitrogen and oxygen atoms in total. The number of anilines is 1. The van der Waals surface area contributed by atoms with Gasteiger partial charge in [0.1, 0.15) is 11.9 Å². The molecule has 2 unspecified atom stereocenters. The van der Waals surface area contributed by atoms with Crippen LogP contribution in [0.2, 0.25) is 0 Å². The lowest BCUT2D eigenvalue weighted by molar-refractivity contribution is -0.198. The number of nitrogens with zero attached hydrogens (tertiary/aromatic N) is 2. The molecule has 3 rings (SSSR count). The van der Waals surface area contributed by atoms with E-state index in [2.05, 4.69) is 10.9 Å². The van der Waals surface area contributed by atoms with Crippen molar-refractivity contribution in [2.45, 2.75) is 43.7 Å². The number of hydrogen-bond donors (Lipinski definition) is 3. The lowest BCUT2D eigenvalue weighted by Crippen LogP contribution is -2.45. The Morgan fingerprint density at radius 1 is 1.62 bits per heavy atom. The highest BCUT2D eigenvalue weighted by molar-refractivity contribution is 5.32. The van der Waals surface area contributed by atoms with Crippen molar-refractivity contribution in [1.29, 1.82) is 0 Å². The first-order valence-electron chi connectivity index (χ1n) is 6.35. The second kappa shape index (κ2) is 4.05. The molecule has 0 amide bonds. The zero-order valence-electron chi connectivity index (χ0n) is 11.5. The molecule has 0 aromatic carbocycles. The summed E-state index contributed by atoms with van der Waals surface area (Å²) in [5.74, 6) is 0.859. The monoisotopic (exact) mass is 293 g/mol. The van der Waals surface area contributed by atoms with Crippen LogP contribution in [0.4, 0.5) is 5.82 Å². The van der Waals surface area contributed by atoms with Crippen LogP contribution in [-0.4, -0.2) is 43.4 Å². The van der Waals surface area contributed by atoms with Gasteiger partial charge in [0.2, 0.25) is 11.4 Å². The van der Waals surface area contributed by atoms with Crippen LogP contribution in [0.25, 0.3) is 0 Å². The van der Waals surface area contributed by atoms with Gasteiger partial charge in [-0.05, 0) is 19.9 Å². The van der Waals surface area contributed by atoms with Gasteiger partial charge in [0, 0.05) is 5.69 Å². The molecule has 1 aromatic rings. The van der Waals surface area contributed by atoms with E-state index in [1.807, 2.05) is 0 Å². The number of fused-ring (bicyclic) bond motifs is 1. The predicted molar refractivity (Wildman–Crippen MR) is 70.8 cm³/mol. The van der Waals surface area contributed by atoms with E-state index >= 15 is 0 Å². The van der Waals surface area contributed by atoms with Crippen molar-refractivity contribution < 1.29 is 19.7 Å². The van der Waals surface area contributed by atoms with Gasteiger partial charge in [-0.2, -0.15) is 4.98 Å². The fourth-order valence-corrected chi connectivity index (χ4v) is 2.76. The Balaban J connectivity index is 2.12. The van der Waals surface area contributed by atoms with Crippen LogP contribution in [0.1, 0.15) is 18.8 Å². The zero-order chi connectivity index (χ0) is 15.6. The number of aliphatic hydroxyl groups is 2. The summed E-state index contributed by atoms with van der Waals surface area (Å²) in [7, 11) is 0. The van der Waals surface area contributed by atoms with Gasteiger partial charge in [0.05, 0.1) is 0 Å². The van der Waals surface area contributed by atoms with Crippen LogP contribution >= 0.6 is 0 Å². The zero-order valence-corrected chi connectivity index (χ0v) is 11.5. The predicted octanol–water partition coefficient (Wildman–Crippen LogP) is -1.50. The van der Waals surface area contributed by atoms with Gasteiger partial charge in [0.15, 0.2) is 12.3 Å². The van der Waals surface area contributed by atoms with Crippen molar-refractivity contribution in [2.24, 2.45) is 0 Å². The molecule has 0 spiro atoms. The Labute approximate surface area is 120 Å². The van der Waals surface area contributed by atoms with Gasteiger partial charge >= 0.3 is 5.69 Å². The normalized spacial score (nSPS) is 38.6. The summed E-state index contributed by atoms with van der Waals surface area (Å²) < 4.78 is 11.9. The fourth-order valence-electron chi connectivity index (χ4n) is 2.76. The van der Waals surface area contributed by atoms with Crippen molar-refractivity contribution in [3.63, 3.8) is 0 Å². The third-order valence-electron chi connectivity index (χ3n) is 3.90. The largest absolute Gasteiger partial charge is 0.388 e. The summed E-state index contributed by atoms with van der Waals surface area (Å²) >= 11 is 0. The maximum atomic E-state index is 12.1. The molecule has 5 atom stereocenters. The first kappa shape index (κ1) is 14.0. The van der Waals surface area contributed by atoms with E-state index in [1.54, 1.807) is 6.92 Å². The van der Waals surface area contributed by atoms with Crippen molar-refractivity contribution in [2.75, 3.05) is 5.73 Å². The molecule has 112 valence electrons. The Hall–Kier alpha value is -1.92. The molecule has 2 aliphatic rings. The summed E-state index contributed by atoms with van der Waals surface area (Å²) in [5, 5.41) is 20.4. The Kier molecular flexibility index (Phi) is 2.71. The van der Waals surface area contributed by atoms with E-state index in [9.17, 15) is 15.0 Å². The summed E-state index contributed by atoms with van der Waals surface area (Å²) in [6.07, 6.45) is 2.25. The molecule has 4 N–H and O–H groups in total. The third kappa shape index (κ3) is 1.66. The summed E-state index contributed by atoms with van der Waals surface area (Å²) in [6.45, 7) is 3.07. The number of aliphatic hydroxyl groups excluding tert-OH is 1. The van der Waals surface area contributed by atoms with Crippen molar-refractivity contribution in [3.05, 3.63) is 22.2 Å². The standard InChI is InChI=1S/C13H15N3O5/c1-4-12(19)9-13(20-9,7(3)17)21-10(12)16-6(2)5-8(14)15-11(16)18/h1,5,7,9-10,17,19H,2-3H3,(H2,14,15,18)/t7-,9+,10+,12?,13?/m0/s1. The highest BCUT2D eigenvalue weighted by atomic mass is 16.8. The summed E-state index contributed by atoms with van der Waals surface area (Å²) in [6, 6.07) is 1.46. The lowest BCUT2D eigenvalue weighted by atomic mass is 9.96. The van der Waals surface area contributed by atoms with E-state index in [-0.39, 0.29) is 5.82 Å². The fraction of sp³-hybridized carbons (Fsp3) is 0.538. The van der Waals surface area contributed by atoms with Crippen LogP contribution in [0, 0.1) is 19.3 Å². The number of aromatic nitrogens is 2. The lowest BCUT2D eigenvalue weighted by Gasteiger charge is -2.28. The molecule has 0 aliphatic carbocycles. The number of rotatable bonds is 2. The van der Waals surface area contributed by atoms with E-state index < -0.39 is 35.5 Å². The Morgan fingerprint density at radius 2 is 2.29 bits per heavy atom. The second-order valence-electron chi connectivity index (χ2n) is 5.31. The molecule has 1 aromatic heterocycles. The molecule has 3 heterocycles. The minimum Gasteiger partial charge on any atom is -0.388 e. The number of ether oxygens (including phenoxy) is 2. The minimum atomic E-state index is -1.89. The number of nitrogens with two attached hydrogens (primary N) is 1. The van der Waals surface area contributed by atoms with Crippen molar-refractivity contribution in [3.8, 4) is 12.3 Å². The molecule has 8 heteroatoms. The Bertz CT molecular complexity index is 709. The van der Waals surface area contributed by atoms with Crippen LogP contribution < -0.4 is 11.4 Å². The number of hydrogen-bond acceptors (Lipinski definition) is 7. The van der Waals surface area contributed by atoms with E-state index in [1.165, 1.54) is 13.0 Å². The van der Waals surface area contributed by atoms with E-state index in [4.69, 9.17) is 21.6 Å². The van der Waals surface area contributed by atoms with Crippen molar-refractivity contribution in [1.82, 2.24) is 9.55 Å². The van der Waals surface area contributed by atoms with Crippen LogP contribution in [0.3, 0.4) is 0 Å². The second-order valence-corrected chi connectivity index (χ2v) is 5.31. The molecule has 0 bridgehead atoms. The van der Waals surface area contributed by atoms with Gasteiger partial charge in [-0.25, -0.2) is 4.79 Å². The molecular formula is C13H15N3O5. The first-order chi connectivity index (χ1) is 9.76. The molecular weight excluding hydrogens is 278 g/mol. The molecule has 2 aliphatic heterocycles. The van der Waals surface area contributed by atoms with E-state index in [0.29, 0.717) is 5.69 Å².